The molecule has 1 aromatic carbocycles. The Balaban J connectivity index is 2.72. The molecule has 17 heavy (non-hydrogen) atoms. The van der Waals surface area contributed by atoms with Crippen molar-refractivity contribution in [2.45, 2.75) is 20.3 Å². The minimum absolute atomic E-state index is 0.0658. The molecular weight excluding hydrogens is 218 g/mol. The van der Waals surface area contributed by atoms with E-state index in [0.29, 0.717) is 6.61 Å². The molecule has 1 amide bonds. The highest BCUT2D eigenvalue weighted by Gasteiger charge is 2.12. The Labute approximate surface area is 101 Å². The highest BCUT2D eigenvalue weighted by Crippen LogP contribution is 2.19. The van der Waals surface area contributed by atoms with E-state index in [1.54, 1.807) is 31.3 Å². The summed E-state index contributed by atoms with van der Waals surface area (Å²) in [7, 11) is 1.65. The van der Waals surface area contributed by atoms with Crippen molar-refractivity contribution in [3.63, 3.8) is 0 Å². The number of ketones is 1. The molecule has 4 nitrogen and oxygen atoms in total. The molecule has 0 N–H and O–H groups in total. The van der Waals surface area contributed by atoms with Crippen LogP contribution >= 0.6 is 0 Å². The van der Waals surface area contributed by atoms with Gasteiger partial charge in [-0.25, -0.2) is 0 Å². The van der Waals surface area contributed by atoms with Crippen molar-refractivity contribution in [2.24, 2.45) is 0 Å². The number of hydrogen-bond donors (Lipinski definition) is 0. The fourth-order valence-electron chi connectivity index (χ4n) is 1.41. The summed E-state index contributed by atoms with van der Waals surface area (Å²) in [5, 5.41) is 0. The summed E-state index contributed by atoms with van der Waals surface area (Å²) in [6.45, 7) is 3.93. The molecule has 0 saturated heterocycles. The number of ether oxygens (including phenoxy) is 1. The van der Waals surface area contributed by atoms with Gasteiger partial charge in [-0.3, -0.25) is 9.59 Å². The quantitative estimate of drug-likeness (QED) is 0.733. The Morgan fingerprint density at radius 2 is 1.82 bits per heavy atom. The van der Waals surface area contributed by atoms with E-state index in [9.17, 15) is 9.59 Å². The van der Waals surface area contributed by atoms with Gasteiger partial charge in [0, 0.05) is 12.7 Å². The van der Waals surface area contributed by atoms with E-state index in [0.717, 1.165) is 11.4 Å². The lowest BCUT2D eigenvalue weighted by molar-refractivity contribution is -0.125. The lowest BCUT2D eigenvalue weighted by Gasteiger charge is -2.17. The Morgan fingerprint density at radius 1 is 1.24 bits per heavy atom. The summed E-state index contributed by atoms with van der Waals surface area (Å²) >= 11 is 0. The molecule has 0 spiro atoms. The molecule has 0 heterocycles. The lowest BCUT2D eigenvalue weighted by atomic mass is 10.2. The van der Waals surface area contributed by atoms with Gasteiger partial charge < -0.3 is 9.64 Å². The van der Waals surface area contributed by atoms with Crippen LogP contribution < -0.4 is 9.64 Å². The van der Waals surface area contributed by atoms with Crippen molar-refractivity contribution in [3.8, 4) is 5.75 Å². The van der Waals surface area contributed by atoms with E-state index >= 15 is 0 Å². The minimum Gasteiger partial charge on any atom is -0.494 e. The summed E-state index contributed by atoms with van der Waals surface area (Å²) in [5.74, 6) is 0.429. The zero-order chi connectivity index (χ0) is 12.8. The maximum absolute atomic E-state index is 11.6. The summed E-state index contributed by atoms with van der Waals surface area (Å²) in [4.78, 5) is 24.0. The number of rotatable bonds is 5. The molecule has 0 aliphatic heterocycles. The van der Waals surface area contributed by atoms with Crippen LogP contribution in [-0.2, 0) is 9.59 Å². The van der Waals surface area contributed by atoms with E-state index in [1.165, 1.54) is 11.8 Å². The van der Waals surface area contributed by atoms with Crippen molar-refractivity contribution in [3.05, 3.63) is 24.3 Å². The third-order valence-electron chi connectivity index (χ3n) is 2.31. The molecule has 1 aromatic rings. The smallest absolute Gasteiger partial charge is 0.234 e. The molecular formula is C13H17NO3. The van der Waals surface area contributed by atoms with Gasteiger partial charge in [-0.2, -0.15) is 0 Å². The van der Waals surface area contributed by atoms with Crippen LogP contribution in [0.3, 0.4) is 0 Å². The van der Waals surface area contributed by atoms with Crippen molar-refractivity contribution in [2.75, 3.05) is 18.6 Å². The topological polar surface area (TPSA) is 46.6 Å². The first-order valence-electron chi connectivity index (χ1n) is 5.53. The summed E-state index contributed by atoms with van der Waals surface area (Å²) in [6, 6.07) is 7.19. The van der Waals surface area contributed by atoms with Crippen LogP contribution in [0.1, 0.15) is 20.3 Å². The number of Topliss-reactive ketones (excluding diaryl/α,β-unsaturated/α-hetero) is 1. The van der Waals surface area contributed by atoms with Crippen LogP contribution in [0.5, 0.6) is 5.75 Å². The largest absolute Gasteiger partial charge is 0.494 e. The van der Waals surface area contributed by atoms with Crippen molar-refractivity contribution in [1.29, 1.82) is 0 Å². The molecule has 0 aliphatic carbocycles. The number of nitrogens with zero attached hydrogens (tertiary/aromatic N) is 1. The Morgan fingerprint density at radius 3 is 2.29 bits per heavy atom. The molecule has 0 saturated carbocycles. The molecule has 0 atom stereocenters. The van der Waals surface area contributed by atoms with E-state index in [4.69, 9.17) is 4.74 Å². The zero-order valence-electron chi connectivity index (χ0n) is 10.4. The third kappa shape index (κ3) is 3.90. The van der Waals surface area contributed by atoms with Gasteiger partial charge in [-0.05, 0) is 38.1 Å². The van der Waals surface area contributed by atoms with Crippen LogP contribution in [0.2, 0.25) is 0 Å². The zero-order valence-corrected chi connectivity index (χ0v) is 10.4. The summed E-state index contributed by atoms with van der Waals surface area (Å²) < 4.78 is 5.31. The second-order valence-corrected chi connectivity index (χ2v) is 3.76. The van der Waals surface area contributed by atoms with E-state index in [2.05, 4.69) is 0 Å². The summed E-state index contributed by atoms with van der Waals surface area (Å²) in [5.41, 5.74) is 0.750. The van der Waals surface area contributed by atoms with E-state index in [1.807, 2.05) is 6.92 Å². The number of hydrogen-bond acceptors (Lipinski definition) is 3. The fraction of sp³-hybridized carbons (Fsp3) is 0.385. The first kappa shape index (κ1) is 13.2. The molecule has 0 fully saturated rings. The average Bonchev–Trinajstić information content (AvgIpc) is 2.28. The van der Waals surface area contributed by atoms with Gasteiger partial charge in [-0.15, -0.1) is 0 Å². The standard InChI is InChI=1S/C13H17NO3/c1-4-17-12-7-5-11(6-8-12)14(3)13(16)9-10(2)15/h5-8H,4,9H2,1-3H3. The van der Waals surface area contributed by atoms with Gasteiger partial charge in [-0.1, -0.05) is 0 Å². The number of benzene rings is 1. The highest BCUT2D eigenvalue weighted by molar-refractivity contribution is 6.04. The normalized spacial score (nSPS) is 9.82. The van der Waals surface area contributed by atoms with Gasteiger partial charge in [0.25, 0.3) is 0 Å². The average molecular weight is 235 g/mol. The summed E-state index contributed by atoms with van der Waals surface area (Å²) in [6.07, 6.45) is -0.0658. The Bertz CT molecular complexity index is 398. The fourth-order valence-corrected chi connectivity index (χ4v) is 1.41. The number of anilines is 1. The van der Waals surface area contributed by atoms with Gasteiger partial charge in [0.05, 0.1) is 13.0 Å². The molecule has 4 heteroatoms. The lowest BCUT2D eigenvalue weighted by Crippen LogP contribution is -2.27. The maximum atomic E-state index is 11.6. The Hall–Kier alpha value is -1.84. The highest BCUT2D eigenvalue weighted by atomic mass is 16.5. The van der Waals surface area contributed by atoms with Gasteiger partial charge in [0.1, 0.15) is 11.5 Å². The number of carbonyl (C=O) groups excluding carboxylic acids is 2. The van der Waals surface area contributed by atoms with Crippen molar-refractivity contribution < 1.29 is 14.3 Å². The molecule has 0 unspecified atom stereocenters. The van der Waals surface area contributed by atoms with Gasteiger partial charge in [0.15, 0.2) is 0 Å². The molecule has 92 valence electrons. The molecule has 0 aromatic heterocycles. The van der Waals surface area contributed by atoms with Crippen molar-refractivity contribution in [1.82, 2.24) is 0 Å². The molecule has 0 aliphatic rings. The monoisotopic (exact) mass is 235 g/mol. The van der Waals surface area contributed by atoms with Crippen LogP contribution in [0.15, 0.2) is 24.3 Å². The second kappa shape index (κ2) is 6.03. The van der Waals surface area contributed by atoms with Crippen molar-refractivity contribution >= 4 is 17.4 Å². The third-order valence-corrected chi connectivity index (χ3v) is 2.31. The van der Waals surface area contributed by atoms with E-state index < -0.39 is 0 Å². The molecule has 0 bridgehead atoms. The number of amides is 1. The first-order valence-corrected chi connectivity index (χ1v) is 5.53. The predicted molar refractivity (Wildman–Crippen MR) is 66.3 cm³/mol. The van der Waals surface area contributed by atoms with E-state index in [-0.39, 0.29) is 18.1 Å². The first-order chi connectivity index (χ1) is 8.04. The molecule has 1 rings (SSSR count). The number of carbonyl (C=O) groups is 2. The molecule has 0 radical (unpaired) electrons. The SMILES string of the molecule is CCOc1ccc(N(C)C(=O)CC(C)=O)cc1. The van der Waals surface area contributed by atoms with Crippen LogP contribution in [-0.4, -0.2) is 25.3 Å². The predicted octanol–water partition coefficient (Wildman–Crippen LogP) is 2.03. The second-order valence-electron chi connectivity index (χ2n) is 3.76. The van der Waals surface area contributed by atoms with Crippen LogP contribution in [0, 0.1) is 0 Å². The van der Waals surface area contributed by atoms with Crippen LogP contribution in [0.4, 0.5) is 5.69 Å². The maximum Gasteiger partial charge on any atom is 0.234 e. The van der Waals surface area contributed by atoms with Crippen LogP contribution in [0.25, 0.3) is 0 Å². The van der Waals surface area contributed by atoms with Gasteiger partial charge in [0.2, 0.25) is 5.91 Å². The minimum atomic E-state index is -0.207. The Kier molecular flexibility index (Phi) is 4.69. The van der Waals surface area contributed by atoms with Gasteiger partial charge >= 0.3 is 0 Å².